The first kappa shape index (κ1) is 18.8. The number of aromatic nitrogens is 1. The highest BCUT2D eigenvalue weighted by Crippen LogP contribution is 2.27. The van der Waals surface area contributed by atoms with Gasteiger partial charge >= 0.3 is 0 Å². The molecule has 0 spiro atoms. The second-order valence-corrected chi connectivity index (χ2v) is 7.19. The lowest BCUT2D eigenvalue weighted by Gasteiger charge is -2.17. The number of hydrogen-bond acceptors (Lipinski definition) is 2. The maximum atomic E-state index is 14.8. The van der Waals surface area contributed by atoms with Crippen molar-refractivity contribution in [2.75, 3.05) is 6.54 Å². The van der Waals surface area contributed by atoms with Crippen LogP contribution in [0.1, 0.15) is 12.5 Å². The van der Waals surface area contributed by atoms with Crippen molar-refractivity contribution in [3.05, 3.63) is 102 Å². The van der Waals surface area contributed by atoms with Crippen LogP contribution in [0.2, 0.25) is 0 Å². The van der Waals surface area contributed by atoms with Gasteiger partial charge in [-0.25, -0.2) is 4.39 Å². The molecule has 3 nitrogen and oxygen atoms in total. The molecule has 1 aliphatic heterocycles. The summed E-state index contributed by atoms with van der Waals surface area (Å²) >= 11 is 0. The number of allylic oxidation sites excluding steroid dienone is 2. The van der Waals surface area contributed by atoms with Gasteiger partial charge in [-0.15, -0.1) is 0 Å². The van der Waals surface area contributed by atoms with E-state index in [1.165, 1.54) is 6.07 Å². The van der Waals surface area contributed by atoms with Gasteiger partial charge in [0, 0.05) is 42.0 Å². The van der Waals surface area contributed by atoms with E-state index in [0.29, 0.717) is 17.7 Å². The molecule has 3 aromatic rings. The molecule has 0 atom stereocenters. The minimum atomic E-state index is -0.308. The van der Waals surface area contributed by atoms with Crippen molar-refractivity contribution in [2.24, 2.45) is 0 Å². The molecule has 29 heavy (non-hydrogen) atoms. The molecule has 0 unspecified atom stereocenters. The summed E-state index contributed by atoms with van der Waals surface area (Å²) in [6.07, 6.45) is 8.70. The molecule has 0 bridgehead atoms. The molecule has 144 valence electrons. The zero-order chi connectivity index (χ0) is 20.4. The number of nitrogens with zero attached hydrogens (tertiary/aromatic N) is 2. The van der Waals surface area contributed by atoms with Crippen LogP contribution < -0.4 is 0 Å². The normalized spacial score (nSPS) is 14.4. The molecule has 1 aliphatic rings. The Bertz CT molecular complexity index is 1180. The summed E-state index contributed by atoms with van der Waals surface area (Å²) in [5, 5.41) is 2.11. The molecule has 0 saturated carbocycles. The van der Waals surface area contributed by atoms with Crippen LogP contribution >= 0.6 is 0 Å². The monoisotopic (exact) mass is 384 g/mol. The Hall–Kier alpha value is -3.53. The van der Waals surface area contributed by atoms with E-state index in [2.05, 4.69) is 11.6 Å². The predicted octanol–water partition coefficient (Wildman–Crippen LogP) is 5.44. The molecule has 1 aromatic heterocycles. The fourth-order valence-electron chi connectivity index (χ4n) is 3.63. The van der Waals surface area contributed by atoms with Crippen LogP contribution in [-0.2, 0) is 11.3 Å². The van der Waals surface area contributed by atoms with E-state index in [-0.39, 0.29) is 18.3 Å². The van der Waals surface area contributed by atoms with Gasteiger partial charge in [0.05, 0.1) is 0 Å². The molecule has 0 saturated heterocycles. The van der Waals surface area contributed by atoms with Crippen molar-refractivity contribution in [1.82, 2.24) is 9.88 Å². The lowest BCUT2D eigenvalue weighted by molar-refractivity contribution is -0.125. The number of pyridine rings is 1. The number of carbonyl (C=O) groups excluding carboxylic acids is 1. The van der Waals surface area contributed by atoms with Gasteiger partial charge in [-0.05, 0) is 53.3 Å². The first-order chi connectivity index (χ1) is 14.1. The van der Waals surface area contributed by atoms with Gasteiger partial charge in [0.2, 0.25) is 0 Å². The second kappa shape index (κ2) is 7.84. The number of benzene rings is 2. The number of hydrogen-bond donors (Lipinski definition) is 0. The Kier molecular flexibility index (Phi) is 5.09. The standard InChI is InChI=1S/C25H21FN2O/c1-3-4-5-23-17(2)15-28(25(23)29)16-22-9-7-19(13-24(22)26)18-6-8-21-14-27-11-10-20(21)12-18/h3-14H,1,15-16H2,2H3/b5-4-. The summed E-state index contributed by atoms with van der Waals surface area (Å²) in [5.41, 5.74) is 3.90. The molecule has 0 radical (unpaired) electrons. The van der Waals surface area contributed by atoms with Crippen LogP contribution in [-0.4, -0.2) is 22.3 Å². The number of amides is 1. The quantitative estimate of drug-likeness (QED) is 0.549. The summed E-state index contributed by atoms with van der Waals surface area (Å²) in [5.74, 6) is -0.384. The third kappa shape index (κ3) is 3.74. The van der Waals surface area contributed by atoms with E-state index in [1.807, 2.05) is 43.5 Å². The molecule has 4 rings (SSSR count). The Morgan fingerprint density at radius 1 is 1.14 bits per heavy atom. The fourth-order valence-corrected chi connectivity index (χ4v) is 3.63. The molecule has 2 aromatic carbocycles. The van der Waals surface area contributed by atoms with Crippen molar-refractivity contribution in [2.45, 2.75) is 13.5 Å². The minimum absolute atomic E-state index is 0.0767. The Morgan fingerprint density at radius 3 is 2.72 bits per heavy atom. The number of rotatable bonds is 5. The van der Waals surface area contributed by atoms with Crippen LogP contribution in [0.5, 0.6) is 0 Å². The van der Waals surface area contributed by atoms with Crippen molar-refractivity contribution in [3.8, 4) is 11.1 Å². The van der Waals surface area contributed by atoms with Gasteiger partial charge in [-0.3, -0.25) is 9.78 Å². The number of carbonyl (C=O) groups is 1. The van der Waals surface area contributed by atoms with Crippen LogP contribution in [0.4, 0.5) is 4.39 Å². The third-order valence-corrected chi connectivity index (χ3v) is 5.19. The van der Waals surface area contributed by atoms with Crippen molar-refractivity contribution in [1.29, 1.82) is 0 Å². The topological polar surface area (TPSA) is 33.2 Å². The Labute approximate surface area is 169 Å². The van der Waals surface area contributed by atoms with Gasteiger partial charge in [0.25, 0.3) is 5.91 Å². The molecule has 0 N–H and O–H groups in total. The smallest absolute Gasteiger partial charge is 0.254 e. The summed E-state index contributed by atoms with van der Waals surface area (Å²) in [6.45, 7) is 6.32. The van der Waals surface area contributed by atoms with Gasteiger partial charge < -0.3 is 4.90 Å². The van der Waals surface area contributed by atoms with Gasteiger partial charge in [0.15, 0.2) is 0 Å². The zero-order valence-corrected chi connectivity index (χ0v) is 16.2. The maximum Gasteiger partial charge on any atom is 0.254 e. The van der Waals surface area contributed by atoms with E-state index < -0.39 is 0 Å². The molecule has 1 amide bonds. The number of halogens is 1. The fraction of sp³-hybridized carbons (Fsp3) is 0.120. The van der Waals surface area contributed by atoms with Crippen molar-refractivity contribution < 1.29 is 9.18 Å². The largest absolute Gasteiger partial charge is 0.330 e. The van der Waals surface area contributed by atoms with E-state index in [4.69, 9.17) is 0 Å². The molecule has 0 fully saturated rings. The van der Waals surface area contributed by atoms with E-state index in [1.54, 1.807) is 35.4 Å². The average Bonchev–Trinajstić information content (AvgIpc) is 3.00. The highest BCUT2D eigenvalue weighted by atomic mass is 19.1. The van der Waals surface area contributed by atoms with Crippen LogP contribution in [0, 0.1) is 5.82 Å². The Balaban J connectivity index is 1.56. The van der Waals surface area contributed by atoms with Crippen LogP contribution in [0.15, 0.2) is 90.8 Å². The highest BCUT2D eigenvalue weighted by molar-refractivity contribution is 5.99. The summed E-state index contributed by atoms with van der Waals surface area (Å²) in [6, 6.07) is 13.1. The predicted molar refractivity (Wildman–Crippen MR) is 115 cm³/mol. The first-order valence-corrected chi connectivity index (χ1v) is 9.47. The van der Waals surface area contributed by atoms with E-state index >= 15 is 0 Å². The Morgan fingerprint density at radius 2 is 1.93 bits per heavy atom. The molecular formula is C25H21FN2O. The minimum Gasteiger partial charge on any atom is -0.330 e. The van der Waals surface area contributed by atoms with Gasteiger partial charge in [-0.2, -0.15) is 0 Å². The lowest BCUT2D eigenvalue weighted by Crippen LogP contribution is -2.26. The maximum absolute atomic E-state index is 14.8. The van der Waals surface area contributed by atoms with Crippen molar-refractivity contribution >= 4 is 16.7 Å². The molecule has 2 heterocycles. The van der Waals surface area contributed by atoms with Crippen molar-refractivity contribution in [3.63, 3.8) is 0 Å². The molecule has 0 aliphatic carbocycles. The molecule has 4 heteroatoms. The van der Waals surface area contributed by atoms with E-state index in [0.717, 1.165) is 27.5 Å². The van der Waals surface area contributed by atoms with Crippen LogP contribution in [0.25, 0.3) is 21.9 Å². The summed E-state index contributed by atoms with van der Waals surface area (Å²) in [7, 11) is 0. The summed E-state index contributed by atoms with van der Waals surface area (Å²) < 4.78 is 14.8. The van der Waals surface area contributed by atoms with Crippen LogP contribution in [0.3, 0.4) is 0 Å². The average molecular weight is 384 g/mol. The van der Waals surface area contributed by atoms with Gasteiger partial charge in [-0.1, -0.05) is 43.0 Å². The first-order valence-electron chi connectivity index (χ1n) is 9.47. The SMILES string of the molecule is C=C/C=C\C1=C(C)CN(Cc2ccc(-c3ccc4cnccc4c3)cc2F)C1=O. The van der Waals surface area contributed by atoms with Gasteiger partial charge in [0.1, 0.15) is 5.82 Å². The van der Waals surface area contributed by atoms with E-state index in [9.17, 15) is 9.18 Å². The third-order valence-electron chi connectivity index (χ3n) is 5.19. The molecular weight excluding hydrogens is 363 g/mol. The zero-order valence-electron chi connectivity index (χ0n) is 16.2. The highest BCUT2D eigenvalue weighted by Gasteiger charge is 2.26. The second-order valence-electron chi connectivity index (χ2n) is 7.19. The summed E-state index contributed by atoms with van der Waals surface area (Å²) in [4.78, 5) is 18.4. The lowest BCUT2D eigenvalue weighted by atomic mass is 10.0. The number of fused-ring (bicyclic) bond motifs is 1.